The Bertz CT molecular complexity index is 450. The zero-order valence-corrected chi connectivity index (χ0v) is 13.1. The van der Waals surface area contributed by atoms with E-state index in [-0.39, 0.29) is 18.0 Å². The number of thiazole rings is 1. The van der Waals surface area contributed by atoms with Crippen molar-refractivity contribution in [1.82, 2.24) is 10.3 Å². The largest absolute Gasteiger partial charge is 0.382 e. The zero-order valence-electron chi connectivity index (χ0n) is 12.2. The summed E-state index contributed by atoms with van der Waals surface area (Å²) in [4.78, 5) is 17.0. The van der Waals surface area contributed by atoms with Crippen LogP contribution in [0.25, 0.3) is 0 Å². The van der Waals surface area contributed by atoms with Crippen LogP contribution in [-0.4, -0.2) is 23.0 Å². The zero-order chi connectivity index (χ0) is 14.5. The molecule has 0 atom stereocenters. The van der Waals surface area contributed by atoms with Crippen molar-refractivity contribution in [3.63, 3.8) is 0 Å². The van der Waals surface area contributed by atoms with Crippen molar-refractivity contribution in [2.45, 2.75) is 64.5 Å². The topological polar surface area (TPSA) is 80.0 Å². The first-order chi connectivity index (χ1) is 9.56. The van der Waals surface area contributed by atoms with E-state index in [0.29, 0.717) is 15.8 Å². The number of hydrogen-bond donors (Lipinski definition) is 3. The van der Waals surface area contributed by atoms with Gasteiger partial charge in [0.2, 0.25) is 0 Å². The third-order valence-corrected chi connectivity index (χ3v) is 4.46. The molecule has 1 aliphatic carbocycles. The first kappa shape index (κ1) is 15.1. The van der Waals surface area contributed by atoms with Gasteiger partial charge in [0, 0.05) is 12.1 Å². The van der Waals surface area contributed by atoms with Crippen LogP contribution in [0.2, 0.25) is 0 Å². The van der Waals surface area contributed by atoms with Gasteiger partial charge in [-0.3, -0.25) is 4.79 Å². The molecule has 4 N–H and O–H groups in total. The lowest BCUT2D eigenvalue weighted by atomic mass is 10.1. The Morgan fingerprint density at radius 3 is 2.55 bits per heavy atom. The van der Waals surface area contributed by atoms with Crippen LogP contribution < -0.4 is 16.4 Å². The molecule has 1 aromatic rings. The molecule has 0 radical (unpaired) electrons. The third-order valence-electron chi connectivity index (χ3n) is 3.46. The maximum Gasteiger partial charge on any atom is 0.265 e. The van der Waals surface area contributed by atoms with Crippen LogP contribution in [0.1, 0.15) is 62.0 Å². The van der Waals surface area contributed by atoms with E-state index in [1.807, 2.05) is 13.8 Å². The predicted molar refractivity (Wildman–Crippen MR) is 84.2 cm³/mol. The molecule has 112 valence electrons. The second-order valence-corrected chi connectivity index (χ2v) is 6.69. The Morgan fingerprint density at radius 1 is 1.30 bits per heavy atom. The summed E-state index contributed by atoms with van der Waals surface area (Å²) in [7, 11) is 0. The number of amides is 1. The number of hydrogen-bond acceptors (Lipinski definition) is 5. The van der Waals surface area contributed by atoms with E-state index in [9.17, 15) is 4.79 Å². The van der Waals surface area contributed by atoms with Crippen molar-refractivity contribution in [3.8, 4) is 0 Å². The van der Waals surface area contributed by atoms with Gasteiger partial charge in [-0.1, -0.05) is 37.0 Å². The monoisotopic (exact) mass is 296 g/mol. The van der Waals surface area contributed by atoms with Crippen LogP contribution in [0.15, 0.2) is 0 Å². The van der Waals surface area contributed by atoms with Crippen molar-refractivity contribution in [2.24, 2.45) is 0 Å². The molecule has 0 unspecified atom stereocenters. The van der Waals surface area contributed by atoms with Crippen LogP contribution in [0, 0.1) is 0 Å². The molecule has 1 fully saturated rings. The van der Waals surface area contributed by atoms with Gasteiger partial charge in [-0.2, -0.15) is 0 Å². The van der Waals surface area contributed by atoms with Gasteiger partial charge in [0.05, 0.1) is 0 Å². The van der Waals surface area contributed by atoms with Gasteiger partial charge in [-0.15, -0.1) is 0 Å². The molecule has 0 spiro atoms. The third kappa shape index (κ3) is 4.10. The number of aromatic nitrogens is 1. The molecule has 0 saturated heterocycles. The lowest BCUT2D eigenvalue weighted by Crippen LogP contribution is -2.34. The summed E-state index contributed by atoms with van der Waals surface area (Å²) in [6.45, 7) is 4.06. The van der Waals surface area contributed by atoms with Gasteiger partial charge >= 0.3 is 0 Å². The highest BCUT2D eigenvalue weighted by atomic mass is 32.1. The van der Waals surface area contributed by atoms with Gasteiger partial charge in [-0.25, -0.2) is 4.98 Å². The molecule has 6 heteroatoms. The Hall–Kier alpha value is -1.30. The number of rotatable bonds is 4. The molecule has 1 saturated carbocycles. The van der Waals surface area contributed by atoms with Gasteiger partial charge in [0.25, 0.3) is 5.91 Å². The highest BCUT2D eigenvalue weighted by molar-refractivity contribution is 7.18. The molecular weight excluding hydrogens is 272 g/mol. The number of carbonyl (C=O) groups excluding carboxylic acids is 1. The minimum atomic E-state index is -0.0799. The standard InChI is InChI=1S/C14H24N4OS/c1-9(2)16-14-18-12(15)11(20-14)13(19)17-10-7-5-3-4-6-8-10/h9-10H,3-8,15H2,1-2H3,(H,16,18)(H,17,19). The maximum atomic E-state index is 12.3. The lowest BCUT2D eigenvalue weighted by molar-refractivity contribution is 0.0938. The molecule has 0 aromatic carbocycles. The number of nitrogens with two attached hydrogens (primary N) is 1. The molecule has 20 heavy (non-hydrogen) atoms. The fraction of sp³-hybridized carbons (Fsp3) is 0.714. The van der Waals surface area contributed by atoms with E-state index in [4.69, 9.17) is 5.73 Å². The fourth-order valence-electron chi connectivity index (χ4n) is 2.48. The van der Waals surface area contributed by atoms with Crippen molar-refractivity contribution in [2.75, 3.05) is 11.1 Å². The summed E-state index contributed by atoms with van der Waals surface area (Å²) >= 11 is 1.33. The van der Waals surface area contributed by atoms with Crippen LogP contribution >= 0.6 is 11.3 Å². The van der Waals surface area contributed by atoms with Crippen molar-refractivity contribution in [1.29, 1.82) is 0 Å². The van der Waals surface area contributed by atoms with E-state index < -0.39 is 0 Å². The van der Waals surface area contributed by atoms with Crippen LogP contribution in [0.5, 0.6) is 0 Å². The number of anilines is 2. The molecule has 0 aliphatic heterocycles. The predicted octanol–water partition coefficient (Wildman–Crippen LogP) is 3.00. The van der Waals surface area contributed by atoms with E-state index in [1.165, 1.54) is 37.0 Å². The van der Waals surface area contributed by atoms with E-state index >= 15 is 0 Å². The Labute approximate surface area is 124 Å². The highest BCUT2D eigenvalue weighted by Gasteiger charge is 2.20. The number of nitrogen functional groups attached to an aromatic ring is 1. The smallest absolute Gasteiger partial charge is 0.265 e. The second kappa shape index (κ2) is 6.92. The van der Waals surface area contributed by atoms with Gasteiger partial charge in [0.15, 0.2) is 5.13 Å². The number of carbonyl (C=O) groups is 1. The lowest BCUT2D eigenvalue weighted by Gasteiger charge is -2.15. The minimum absolute atomic E-state index is 0.0799. The molecule has 5 nitrogen and oxygen atoms in total. The van der Waals surface area contributed by atoms with E-state index in [1.54, 1.807) is 0 Å². The molecule has 1 heterocycles. The quantitative estimate of drug-likeness (QED) is 0.746. The second-order valence-electron chi connectivity index (χ2n) is 5.69. The highest BCUT2D eigenvalue weighted by Crippen LogP contribution is 2.26. The van der Waals surface area contributed by atoms with Crippen LogP contribution in [-0.2, 0) is 0 Å². The van der Waals surface area contributed by atoms with Crippen LogP contribution in [0.3, 0.4) is 0 Å². The Balaban J connectivity index is 1.99. The van der Waals surface area contributed by atoms with Gasteiger partial charge in [0.1, 0.15) is 10.7 Å². The molecule has 1 aliphatic rings. The van der Waals surface area contributed by atoms with E-state index in [0.717, 1.165) is 12.8 Å². The summed E-state index contributed by atoms with van der Waals surface area (Å²) in [6.07, 6.45) is 7.09. The molecular formula is C14H24N4OS. The minimum Gasteiger partial charge on any atom is -0.382 e. The van der Waals surface area contributed by atoms with Crippen molar-refractivity contribution < 1.29 is 4.79 Å². The summed E-state index contributed by atoms with van der Waals surface area (Å²) < 4.78 is 0. The van der Waals surface area contributed by atoms with Gasteiger partial charge in [-0.05, 0) is 26.7 Å². The van der Waals surface area contributed by atoms with Gasteiger partial charge < -0.3 is 16.4 Å². The summed E-state index contributed by atoms with van der Waals surface area (Å²) in [5.41, 5.74) is 5.85. The fourth-order valence-corrected chi connectivity index (χ4v) is 3.41. The van der Waals surface area contributed by atoms with Crippen molar-refractivity contribution >= 4 is 28.2 Å². The molecule has 1 amide bonds. The normalized spacial score (nSPS) is 16.9. The summed E-state index contributed by atoms with van der Waals surface area (Å²) in [6, 6.07) is 0.561. The van der Waals surface area contributed by atoms with E-state index in [2.05, 4.69) is 15.6 Å². The molecule has 1 aromatic heterocycles. The Morgan fingerprint density at radius 2 is 1.95 bits per heavy atom. The SMILES string of the molecule is CC(C)Nc1nc(N)c(C(=O)NC2CCCCCC2)s1. The average Bonchev–Trinajstić information content (AvgIpc) is 2.59. The van der Waals surface area contributed by atoms with Crippen LogP contribution in [0.4, 0.5) is 10.9 Å². The number of nitrogens with zero attached hydrogens (tertiary/aromatic N) is 1. The first-order valence-corrected chi connectivity index (χ1v) is 8.21. The van der Waals surface area contributed by atoms with Crippen molar-refractivity contribution in [3.05, 3.63) is 4.88 Å². The average molecular weight is 296 g/mol. The molecule has 0 bridgehead atoms. The molecule has 2 rings (SSSR count). The summed E-state index contributed by atoms with van der Waals surface area (Å²) in [5.74, 6) is 0.243. The maximum absolute atomic E-state index is 12.3. The number of nitrogens with one attached hydrogen (secondary N) is 2. The summed E-state index contributed by atoms with van der Waals surface area (Å²) in [5, 5.41) is 7.00. The Kier molecular flexibility index (Phi) is 5.23. The first-order valence-electron chi connectivity index (χ1n) is 7.40.